The molecule has 0 saturated heterocycles. The van der Waals surface area contributed by atoms with E-state index in [9.17, 15) is 4.79 Å². The highest BCUT2D eigenvalue weighted by molar-refractivity contribution is 6.00. The van der Waals surface area contributed by atoms with Crippen LogP contribution in [-0.4, -0.2) is 24.1 Å². The average molecular weight is 259 g/mol. The highest BCUT2D eigenvalue weighted by Crippen LogP contribution is 2.28. The first kappa shape index (κ1) is 13.1. The number of hydrogen-bond donors (Lipinski definition) is 2. The van der Waals surface area contributed by atoms with Gasteiger partial charge in [0.2, 0.25) is 0 Å². The molecule has 0 bridgehead atoms. The SMILES string of the molecule is COC(=O)C(C)Nc1nccc2c(N)c(C)ccc12. The number of fused-ring (bicyclic) bond motifs is 1. The minimum absolute atomic E-state index is 0.334. The van der Waals surface area contributed by atoms with E-state index in [1.54, 1.807) is 13.1 Å². The number of nitrogen functional groups attached to an aromatic ring is 1. The molecule has 2 aromatic rings. The van der Waals surface area contributed by atoms with E-state index in [0.29, 0.717) is 5.82 Å². The van der Waals surface area contributed by atoms with Gasteiger partial charge in [0, 0.05) is 22.7 Å². The van der Waals surface area contributed by atoms with Gasteiger partial charge in [0.1, 0.15) is 11.9 Å². The lowest BCUT2D eigenvalue weighted by Crippen LogP contribution is -2.27. The van der Waals surface area contributed by atoms with Gasteiger partial charge in [0.25, 0.3) is 0 Å². The fraction of sp³-hybridized carbons (Fsp3) is 0.286. The fourth-order valence-electron chi connectivity index (χ4n) is 1.94. The van der Waals surface area contributed by atoms with E-state index in [0.717, 1.165) is 22.0 Å². The average Bonchev–Trinajstić information content (AvgIpc) is 2.42. The summed E-state index contributed by atoms with van der Waals surface area (Å²) in [5.74, 6) is 0.293. The second-order valence-corrected chi connectivity index (χ2v) is 4.44. The topological polar surface area (TPSA) is 77.2 Å². The number of nitrogens with zero attached hydrogens (tertiary/aromatic N) is 1. The number of aryl methyl sites for hydroxylation is 1. The maximum atomic E-state index is 11.4. The van der Waals surface area contributed by atoms with Crippen molar-refractivity contribution in [2.75, 3.05) is 18.2 Å². The molecule has 1 aromatic carbocycles. The van der Waals surface area contributed by atoms with E-state index in [-0.39, 0.29) is 5.97 Å². The maximum absolute atomic E-state index is 11.4. The zero-order valence-corrected chi connectivity index (χ0v) is 11.2. The molecule has 1 aromatic heterocycles. The summed E-state index contributed by atoms with van der Waals surface area (Å²) in [7, 11) is 1.36. The lowest BCUT2D eigenvalue weighted by Gasteiger charge is -2.15. The Kier molecular flexibility index (Phi) is 3.55. The first-order chi connectivity index (χ1) is 9.04. The predicted molar refractivity (Wildman–Crippen MR) is 76.0 cm³/mol. The molecule has 0 spiro atoms. The smallest absolute Gasteiger partial charge is 0.328 e. The first-order valence-electron chi connectivity index (χ1n) is 6.02. The summed E-state index contributed by atoms with van der Waals surface area (Å²) in [4.78, 5) is 15.7. The van der Waals surface area contributed by atoms with Crippen molar-refractivity contribution in [3.63, 3.8) is 0 Å². The zero-order valence-electron chi connectivity index (χ0n) is 11.2. The van der Waals surface area contributed by atoms with E-state index >= 15 is 0 Å². The Labute approximate surface area is 111 Å². The van der Waals surface area contributed by atoms with E-state index in [1.165, 1.54) is 7.11 Å². The molecule has 3 N–H and O–H groups in total. The maximum Gasteiger partial charge on any atom is 0.328 e. The van der Waals surface area contributed by atoms with Crippen molar-refractivity contribution >= 4 is 28.2 Å². The van der Waals surface area contributed by atoms with Crippen LogP contribution in [0.2, 0.25) is 0 Å². The Morgan fingerprint density at radius 1 is 1.37 bits per heavy atom. The molecule has 1 atom stereocenters. The third kappa shape index (κ3) is 2.45. The summed E-state index contributed by atoms with van der Waals surface area (Å²) in [5.41, 5.74) is 7.81. The van der Waals surface area contributed by atoms with Crippen molar-refractivity contribution in [1.29, 1.82) is 0 Å². The molecule has 0 aliphatic rings. The molecule has 19 heavy (non-hydrogen) atoms. The molecule has 1 unspecified atom stereocenters. The van der Waals surface area contributed by atoms with Crippen LogP contribution >= 0.6 is 0 Å². The van der Waals surface area contributed by atoms with Crippen LogP contribution in [0.5, 0.6) is 0 Å². The summed E-state index contributed by atoms with van der Waals surface area (Å²) in [5, 5.41) is 4.86. The first-order valence-corrected chi connectivity index (χ1v) is 6.02. The molecule has 2 rings (SSSR count). The van der Waals surface area contributed by atoms with Crippen LogP contribution in [0.1, 0.15) is 12.5 Å². The Morgan fingerprint density at radius 3 is 2.79 bits per heavy atom. The molecular weight excluding hydrogens is 242 g/mol. The van der Waals surface area contributed by atoms with Gasteiger partial charge < -0.3 is 15.8 Å². The van der Waals surface area contributed by atoms with Gasteiger partial charge in [-0.25, -0.2) is 9.78 Å². The molecule has 100 valence electrons. The van der Waals surface area contributed by atoms with Crippen molar-refractivity contribution in [1.82, 2.24) is 4.98 Å². The number of benzene rings is 1. The van der Waals surface area contributed by atoms with Gasteiger partial charge in [-0.1, -0.05) is 12.1 Å². The Balaban J connectivity index is 2.45. The van der Waals surface area contributed by atoms with Gasteiger partial charge in [0.15, 0.2) is 0 Å². The Morgan fingerprint density at radius 2 is 2.11 bits per heavy atom. The van der Waals surface area contributed by atoms with Crippen LogP contribution < -0.4 is 11.1 Å². The summed E-state index contributed by atoms with van der Waals surface area (Å²) in [6.07, 6.45) is 1.67. The fourth-order valence-corrected chi connectivity index (χ4v) is 1.94. The standard InChI is InChI=1S/C14H17N3O2/c1-8-4-5-11-10(12(8)15)6-7-16-13(11)17-9(2)14(18)19-3/h4-7,9H,15H2,1-3H3,(H,16,17). The van der Waals surface area contributed by atoms with Crippen LogP contribution in [0.15, 0.2) is 24.4 Å². The number of nitrogens with one attached hydrogen (secondary N) is 1. The lowest BCUT2D eigenvalue weighted by atomic mass is 10.1. The number of carbonyl (C=O) groups excluding carboxylic acids is 1. The number of ether oxygens (including phenoxy) is 1. The third-order valence-corrected chi connectivity index (χ3v) is 3.11. The molecular formula is C14H17N3O2. The number of carbonyl (C=O) groups is 1. The predicted octanol–water partition coefficient (Wildman–Crippen LogP) is 2.10. The van der Waals surface area contributed by atoms with E-state index in [4.69, 9.17) is 5.73 Å². The van der Waals surface area contributed by atoms with E-state index in [1.807, 2.05) is 25.1 Å². The molecule has 0 aliphatic carbocycles. The van der Waals surface area contributed by atoms with Gasteiger partial charge in [-0.3, -0.25) is 0 Å². The van der Waals surface area contributed by atoms with Gasteiger partial charge in [0.05, 0.1) is 7.11 Å². The number of hydrogen-bond acceptors (Lipinski definition) is 5. The van der Waals surface area contributed by atoms with Crippen LogP contribution in [0, 0.1) is 6.92 Å². The summed E-state index contributed by atoms with van der Waals surface area (Å²) >= 11 is 0. The van der Waals surface area contributed by atoms with Gasteiger partial charge in [-0.2, -0.15) is 0 Å². The zero-order chi connectivity index (χ0) is 14.0. The summed E-state index contributed by atoms with van der Waals surface area (Å²) in [6.45, 7) is 3.68. The van der Waals surface area contributed by atoms with Crippen molar-refractivity contribution in [2.24, 2.45) is 0 Å². The highest BCUT2D eigenvalue weighted by atomic mass is 16.5. The number of rotatable bonds is 3. The van der Waals surface area contributed by atoms with Crippen molar-refractivity contribution in [3.05, 3.63) is 30.0 Å². The number of pyridine rings is 1. The second kappa shape index (κ2) is 5.14. The number of nitrogens with two attached hydrogens (primary N) is 1. The molecule has 0 saturated carbocycles. The molecule has 1 heterocycles. The van der Waals surface area contributed by atoms with Crippen LogP contribution in [0.3, 0.4) is 0 Å². The molecule has 0 aliphatic heterocycles. The van der Waals surface area contributed by atoms with Crippen molar-refractivity contribution < 1.29 is 9.53 Å². The highest BCUT2D eigenvalue weighted by Gasteiger charge is 2.15. The van der Waals surface area contributed by atoms with E-state index in [2.05, 4.69) is 15.0 Å². The molecule has 0 amide bonds. The quantitative estimate of drug-likeness (QED) is 0.652. The third-order valence-electron chi connectivity index (χ3n) is 3.11. The van der Waals surface area contributed by atoms with E-state index < -0.39 is 6.04 Å². The largest absolute Gasteiger partial charge is 0.467 e. The minimum Gasteiger partial charge on any atom is -0.467 e. The number of esters is 1. The normalized spacial score (nSPS) is 12.2. The minimum atomic E-state index is -0.467. The molecule has 0 radical (unpaired) electrons. The van der Waals surface area contributed by atoms with Gasteiger partial charge in [-0.15, -0.1) is 0 Å². The van der Waals surface area contributed by atoms with Crippen LogP contribution in [0.25, 0.3) is 10.8 Å². The summed E-state index contributed by atoms with van der Waals surface area (Å²) in [6, 6.07) is 5.28. The van der Waals surface area contributed by atoms with Crippen molar-refractivity contribution in [2.45, 2.75) is 19.9 Å². The number of anilines is 2. The van der Waals surface area contributed by atoms with Gasteiger partial charge in [-0.05, 0) is 25.5 Å². The van der Waals surface area contributed by atoms with Crippen molar-refractivity contribution in [3.8, 4) is 0 Å². The Hall–Kier alpha value is -2.30. The lowest BCUT2D eigenvalue weighted by molar-refractivity contribution is -0.141. The van der Waals surface area contributed by atoms with Crippen LogP contribution in [-0.2, 0) is 9.53 Å². The number of methoxy groups -OCH3 is 1. The second-order valence-electron chi connectivity index (χ2n) is 4.44. The van der Waals surface area contributed by atoms with Gasteiger partial charge >= 0.3 is 5.97 Å². The monoisotopic (exact) mass is 259 g/mol. The summed E-state index contributed by atoms with van der Waals surface area (Å²) < 4.78 is 4.69. The molecule has 5 heteroatoms. The molecule has 0 fully saturated rings. The van der Waals surface area contributed by atoms with Crippen LogP contribution in [0.4, 0.5) is 11.5 Å². The number of aromatic nitrogens is 1. The Bertz CT molecular complexity index is 625. The molecule has 5 nitrogen and oxygen atoms in total.